The molecule has 1 N–H and O–H groups in total. The molecule has 1 aliphatic rings. The summed E-state index contributed by atoms with van der Waals surface area (Å²) in [6.45, 7) is 3.04. The van der Waals surface area contributed by atoms with Crippen molar-refractivity contribution in [1.82, 2.24) is 4.98 Å². The molecule has 3 rings (SSSR count). The Labute approximate surface area is 135 Å². The number of morpholine rings is 1. The molecule has 0 spiro atoms. The van der Waals surface area contributed by atoms with E-state index in [2.05, 4.69) is 21.1 Å². The highest BCUT2D eigenvalue weighted by Crippen LogP contribution is 2.15. The summed E-state index contributed by atoms with van der Waals surface area (Å²) in [6, 6.07) is 10.8. The number of benzene rings is 1. The molecular formula is C18H17N3O2. The van der Waals surface area contributed by atoms with Gasteiger partial charge in [0, 0.05) is 30.5 Å². The number of hydrogen-bond acceptors (Lipinski definition) is 4. The molecule has 2 aromatic rings. The molecule has 1 aromatic carbocycles. The number of pyridine rings is 1. The second kappa shape index (κ2) is 6.95. The number of amides is 1. The van der Waals surface area contributed by atoms with E-state index in [1.807, 2.05) is 18.2 Å². The molecule has 0 unspecified atom stereocenters. The highest BCUT2D eigenvalue weighted by atomic mass is 16.5. The first-order chi connectivity index (χ1) is 11.3. The minimum Gasteiger partial charge on any atom is -0.378 e. The maximum atomic E-state index is 12.3. The summed E-state index contributed by atoms with van der Waals surface area (Å²) in [6.07, 6.45) is 6.95. The van der Waals surface area contributed by atoms with Crippen molar-refractivity contribution in [3.05, 3.63) is 53.7 Å². The van der Waals surface area contributed by atoms with Crippen LogP contribution in [0.1, 0.15) is 15.9 Å². The van der Waals surface area contributed by atoms with Crippen LogP contribution in [0.3, 0.4) is 0 Å². The van der Waals surface area contributed by atoms with Gasteiger partial charge in [-0.3, -0.25) is 4.79 Å². The van der Waals surface area contributed by atoms with Crippen molar-refractivity contribution in [3.8, 4) is 12.3 Å². The predicted octanol–water partition coefficient (Wildman–Crippen LogP) is 2.15. The molecule has 0 radical (unpaired) electrons. The van der Waals surface area contributed by atoms with E-state index >= 15 is 0 Å². The number of nitrogens with one attached hydrogen (secondary N) is 1. The second-order valence-corrected chi connectivity index (χ2v) is 5.18. The number of aromatic nitrogens is 1. The molecule has 23 heavy (non-hydrogen) atoms. The molecule has 1 saturated heterocycles. The molecular weight excluding hydrogens is 290 g/mol. The van der Waals surface area contributed by atoms with Crippen LogP contribution < -0.4 is 10.2 Å². The Morgan fingerprint density at radius 2 is 2.09 bits per heavy atom. The SMILES string of the molecule is C#Cc1cccc(NC(=O)c2ccc(N3CCOCC3)nc2)c1. The van der Waals surface area contributed by atoms with Gasteiger partial charge >= 0.3 is 0 Å². The lowest BCUT2D eigenvalue weighted by molar-refractivity contribution is 0.102. The molecule has 0 bridgehead atoms. The highest BCUT2D eigenvalue weighted by molar-refractivity contribution is 6.04. The summed E-state index contributed by atoms with van der Waals surface area (Å²) in [5, 5.41) is 2.82. The maximum Gasteiger partial charge on any atom is 0.257 e. The number of rotatable bonds is 3. The normalized spacial score (nSPS) is 14.1. The average molecular weight is 307 g/mol. The van der Waals surface area contributed by atoms with Gasteiger partial charge in [-0.15, -0.1) is 6.42 Å². The van der Waals surface area contributed by atoms with E-state index in [1.54, 1.807) is 24.4 Å². The van der Waals surface area contributed by atoms with Gasteiger partial charge in [0.1, 0.15) is 5.82 Å². The van der Waals surface area contributed by atoms with E-state index in [0.717, 1.165) is 24.5 Å². The van der Waals surface area contributed by atoms with Crippen LogP contribution in [-0.2, 0) is 4.74 Å². The fraction of sp³-hybridized carbons (Fsp3) is 0.222. The first kappa shape index (κ1) is 15.1. The van der Waals surface area contributed by atoms with Gasteiger partial charge in [0.2, 0.25) is 0 Å². The number of anilines is 2. The van der Waals surface area contributed by atoms with Gasteiger partial charge in [0.25, 0.3) is 5.91 Å². The Bertz CT molecular complexity index is 729. The van der Waals surface area contributed by atoms with Crippen LogP contribution in [0.15, 0.2) is 42.6 Å². The summed E-state index contributed by atoms with van der Waals surface area (Å²) in [4.78, 5) is 18.8. The third-order valence-electron chi connectivity index (χ3n) is 3.63. The molecule has 2 heterocycles. The van der Waals surface area contributed by atoms with Crippen molar-refractivity contribution >= 4 is 17.4 Å². The zero-order valence-corrected chi connectivity index (χ0v) is 12.7. The second-order valence-electron chi connectivity index (χ2n) is 5.18. The van der Waals surface area contributed by atoms with Crippen molar-refractivity contribution < 1.29 is 9.53 Å². The van der Waals surface area contributed by atoms with Crippen LogP contribution in [0, 0.1) is 12.3 Å². The third kappa shape index (κ3) is 3.68. The van der Waals surface area contributed by atoms with E-state index < -0.39 is 0 Å². The number of carbonyl (C=O) groups excluding carboxylic acids is 1. The monoisotopic (exact) mass is 307 g/mol. The van der Waals surface area contributed by atoms with E-state index in [-0.39, 0.29) is 5.91 Å². The van der Waals surface area contributed by atoms with Gasteiger partial charge in [-0.25, -0.2) is 4.98 Å². The van der Waals surface area contributed by atoms with E-state index in [1.165, 1.54) is 0 Å². The first-order valence-corrected chi connectivity index (χ1v) is 7.43. The van der Waals surface area contributed by atoms with E-state index in [4.69, 9.17) is 11.2 Å². The number of hydrogen-bond donors (Lipinski definition) is 1. The first-order valence-electron chi connectivity index (χ1n) is 7.43. The molecule has 0 aliphatic carbocycles. The van der Waals surface area contributed by atoms with Gasteiger partial charge in [0.05, 0.1) is 18.8 Å². The molecule has 1 fully saturated rings. The van der Waals surface area contributed by atoms with Gasteiger partial charge in [-0.05, 0) is 30.3 Å². The Balaban J connectivity index is 1.68. The van der Waals surface area contributed by atoms with E-state index in [0.29, 0.717) is 24.5 Å². The van der Waals surface area contributed by atoms with Crippen molar-refractivity contribution in [1.29, 1.82) is 0 Å². The van der Waals surface area contributed by atoms with Gasteiger partial charge < -0.3 is 15.0 Å². The molecule has 0 atom stereocenters. The minimum atomic E-state index is -0.208. The van der Waals surface area contributed by atoms with Crippen LogP contribution in [0.25, 0.3) is 0 Å². The lowest BCUT2D eigenvalue weighted by Gasteiger charge is -2.27. The molecule has 116 valence electrons. The largest absolute Gasteiger partial charge is 0.378 e. The number of nitrogens with zero attached hydrogens (tertiary/aromatic N) is 2. The molecule has 5 heteroatoms. The quantitative estimate of drug-likeness (QED) is 0.883. The zero-order valence-electron chi connectivity index (χ0n) is 12.7. The van der Waals surface area contributed by atoms with Crippen LogP contribution in [0.4, 0.5) is 11.5 Å². The van der Waals surface area contributed by atoms with Crippen LogP contribution >= 0.6 is 0 Å². The Morgan fingerprint density at radius 3 is 2.78 bits per heavy atom. The number of carbonyl (C=O) groups is 1. The molecule has 0 saturated carbocycles. The molecule has 5 nitrogen and oxygen atoms in total. The van der Waals surface area contributed by atoms with Crippen LogP contribution in [0.2, 0.25) is 0 Å². The van der Waals surface area contributed by atoms with Crippen molar-refractivity contribution in [3.63, 3.8) is 0 Å². The summed E-state index contributed by atoms with van der Waals surface area (Å²) in [5.74, 6) is 3.20. The maximum absolute atomic E-state index is 12.3. The topological polar surface area (TPSA) is 54.5 Å². The fourth-order valence-corrected chi connectivity index (χ4v) is 2.39. The lowest BCUT2D eigenvalue weighted by Crippen LogP contribution is -2.36. The summed E-state index contributed by atoms with van der Waals surface area (Å²) >= 11 is 0. The lowest BCUT2D eigenvalue weighted by atomic mass is 10.2. The standard InChI is InChI=1S/C18H17N3O2/c1-2-14-4-3-5-16(12-14)20-18(22)15-6-7-17(19-13-15)21-8-10-23-11-9-21/h1,3-7,12-13H,8-11H2,(H,20,22). The zero-order chi connectivity index (χ0) is 16.1. The summed E-state index contributed by atoms with van der Waals surface area (Å²) < 4.78 is 5.32. The molecule has 1 aromatic heterocycles. The highest BCUT2D eigenvalue weighted by Gasteiger charge is 2.13. The van der Waals surface area contributed by atoms with Crippen molar-refractivity contribution in [2.75, 3.05) is 36.5 Å². The smallest absolute Gasteiger partial charge is 0.257 e. The molecule has 1 aliphatic heterocycles. The van der Waals surface area contributed by atoms with Crippen molar-refractivity contribution in [2.45, 2.75) is 0 Å². The van der Waals surface area contributed by atoms with E-state index in [9.17, 15) is 4.79 Å². The Morgan fingerprint density at radius 1 is 1.26 bits per heavy atom. The minimum absolute atomic E-state index is 0.208. The van der Waals surface area contributed by atoms with Gasteiger partial charge in [0.15, 0.2) is 0 Å². The van der Waals surface area contributed by atoms with Gasteiger partial charge in [-0.2, -0.15) is 0 Å². The van der Waals surface area contributed by atoms with Crippen LogP contribution in [-0.4, -0.2) is 37.2 Å². The summed E-state index contributed by atoms with van der Waals surface area (Å²) in [7, 11) is 0. The Kier molecular flexibility index (Phi) is 4.55. The summed E-state index contributed by atoms with van der Waals surface area (Å²) in [5.41, 5.74) is 1.90. The van der Waals surface area contributed by atoms with Gasteiger partial charge in [-0.1, -0.05) is 12.0 Å². The predicted molar refractivity (Wildman–Crippen MR) is 89.6 cm³/mol. The van der Waals surface area contributed by atoms with Crippen molar-refractivity contribution in [2.24, 2.45) is 0 Å². The number of ether oxygens (including phenoxy) is 1. The average Bonchev–Trinajstić information content (AvgIpc) is 2.63. The van der Waals surface area contributed by atoms with Crippen LogP contribution in [0.5, 0.6) is 0 Å². The molecule has 1 amide bonds. The number of terminal acetylenes is 1. The third-order valence-corrected chi connectivity index (χ3v) is 3.63. The Hall–Kier alpha value is -2.84. The fourth-order valence-electron chi connectivity index (χ4n) is 2.39.